The Morgan fingerprint density at radius 1 is 1.03 bits per heavy atom. The van der Waals surface area contributed by atoms with Crippen LogP contribution in [0.4, 0.5) is 0 Å². The molecular formula is C27H17N3O3. The van der Waals surface area contributed by atoms with Crippen LogP contribution >= 0.6 is 0 Å². The minimum Gasteiger partial charge on any atom is -0.497 e. The summed E-state index contributed by atoms with van der Waals surface area (Å²) < 4.78 is 13.3. The van der Waals surface area contributed by atoms with Crippen molar-refractivity contribution in [1.82, 2.24) is 4.57 Å². The lowest BCUT2D eigenvalue weighted by atomic mass is 9.99. The van der Waals surface area contributed by atoms with Crippen molar-refractivity contribution in [3.8, 4) is 29.1 Å². The van der Waals surface area contributed by atoms with Crippen molar-refractivity contribution in [2.45, 2.75) is 0 Å². The van der Waals surface area contributed by atoms with Gasteiger partial charge in [-0.15, -0.1) is 0 Å². The summed E-state index contributed by atoms with van der Waals surface area (Å²) in [5.41, 5.74) is 5.12. The highest BCUT2D eigenvalue weighted by Crippen LogP contribution is 2.40. The molecule has 6 nitrogen and oxygen atoms in total. The molecule has 0 radical (unpaired) electrons. The van der Waals surface area contributed by atoms with E-state index in [1.54, 1.807) is 37.5 Å². The molecule has 1 aliphatic rings. The maximum atomic E-state index is 13.1. The van der Waals surface area contributed by atoms with E-state index >= 15 is 0 Å². The van der Waals surface area contributed by atoms with Crippen LogP contribution in [0.3, 0.4) is 0 Å². The Kier molecular flexibility index (Phi) is 4.70. The first-order valence-corrected chi connectivity index (χ1v) is 10.2. The van der Waals surface area contributed by atoms with Gasteiger partial charge in [0.2, 0.25) is 0 Å². The summed E-state index contributed by atoms with van der Waals surface area (Å²) >= 11 is 0. The van der Waals surface area contributed by atoms with Gasteiger partial charge in [0.05, 0.1) is 18.3 Å². The molecule has 6 heteroatoms. The van der Waals surface area contributed by atoms with Gasteiger partial charge in [0, 0.05) is 35.9 Å². The maximum absolute atomic E-state index is 13.1. The Labute approximate surface area is 189 Å². The van der Waals surface area contributed by atoms with E-state index in [1.165, 1.54) is 0 Å². The Bertz CT molecular complexity index is 1570. The number of nitrogens with zero attached hydrogens (tertiary/aromatic N) is 3. The average Bonchev–Trinajstić information content (AvgIpc) is 3.47. The predicted molar refractivity (Wildman–Crippen MR) is 124 cm³/mol. The molecule has 0 saturated heterocycles. The van der Waals surface area contributed by atoms with Crippen LogP contribution in [0.15, 0.2) is 76.2 Å². The smallest absolute Gasteiger partial charge is 0.194 e. The molecule has 158 valence electrons. The highest BCUT2D eigenvalue weighted by Gasteiger charge is 2.32. The number of carbonyl (C=O) groups is 1. The second kappa shape index (κ2) is 7.71. The lowest BCUT2D eigenvalue weighted by Crippen LogP contribution is -1.95. The van der Waals surface area contributed by atoms with Gasteiger partial charge in [-0.3, -0.25) is 4.79 Å². The summed E-state index contributed by atoms with van der Waals surface area (Å²) in [5, 5.41) is 18.9. The van der Waals surface area contributed by atoms with Gasteiger partial charge in [-0.05, 0) is 41.5 Å². The van der Waals surface area contributed by atoms with Gasteiger partial charge >= 0.3 is 0 Å². The summed E-state index contributed by atoms with van der Waals surface area (Å²) in [6.45, 7) is 0. The summed E-state index contributed by atoms with van der Waals surface area (Å²) in [6, 6.07) is 22.4. The molecule has 2 aromatic carbocycles. The average molecular weight is 431 g/mol. The topological polar surface area (TPSA) is 91.9 Å². The molecule has 0 amide bonds. The van der Waals surface area contributed by atoms with E-state index in [-0.39, 0.29) is 16.9 Å². The van der Waals surface area contributed by atoms with Crippen molar-refractivity contribution in [2.24, 2.45) is 7.05 Å². The first kappa shape index (κ1) is 20.1. The number of Topliss-reactive ketones (excluding diaryl/α,β-unsaturated/α-hetero) is 1. The minimum absolute atomic E-state index is 0.0996. The highest BCUT2D eigenvalue weighted by molar-refractivity contribution is 6.29. The first-order chi connectivity index (χ1) is 16.0. The van der Waals surface area contributed by atoms with Gasteiger partial charge in [0.15, 0.2) is 11.4 Å². The number of carbonyl (C=O) groups excluding carboxylic acids is 1. The van der Waals surface area contributed by atoms with E-state index in [0.717, 1.165) is 22.5 Å². The molecule has 2 aromatic heterocycles. The number of allylic oxidation sites excluding steroid dienone is 3. The van der Waals surface area contributed by atoms with E-state index in [1.807, 2.05) is 60.2 Å². The van der Waals surface area contributed by atoms with E-state index in [4.69, 9.17) is 9.15 Å². The lowest BCUT2D eigenvalue weighted by molar-refractivity contribution is 0.104. The second-order valence-electron chi connectivity index (χ2n) is 7.62. The maximum Gasteiger partial charge on any atom is 0.194 e. The van der Waals surface area contributed by atoms with E-state index in [2.05, 4.69) is 0 Å². The van der Waals surface area contributed by atoms with E-state index < -0.39 is 0 Å². The molecule has 0 unspecified atom stereocenters. The molecule has 33 heavy (non-hydrogen) atoms. The normalized spacial score (nSPS) is 13.8. The van der Waals surface area contributed by atoms with E-state index in [9.17, 15) is 15.3 Å². The van der Waals surface area contributed by atoms with Gasteiger partial charge in [-0.25, -0.2) is 0 Å². The zero-order valence-electron chi connectivity index (χ0n) is 17.9. The quantitative estimate of drug-likeness (QED) is 0.314. The molecule has 0 spiro atoms. The van der Waals surface area contributed by atoms with Crippen LogP contribution in [0.5, 0.6) is 5.75 Å². The molecule has 0 aliphatic heterocycles. The number of methoxy groups -OCH3 is 1. The van der Waals surface area contributed by atoms with Crippen LogP contribution in [-0.2, 0) is 7.05 Å². The fourth-order valence-corrected chi connectivity index (χ4v) is 4.23. The summed E-state index contributed by atoms with van der Waals surface area (Å²) in [6.07, 6.45) is 1.61. The molecule has 4 aromatic rings. The van der Waals surface area contributed by atoms with Crippen molar-refractivity contribution in [3.63, 3.8) is 0 Å². The number of rotatable bonds is 3. The van der Waals surface area contributed by atoms with Crippen LogP contribution < -0.4 is 4.74 Å². The monoisotopic (exact) mass is 431 g/mol. The van der Waals surface area contributed by atoms with Crippen molar-refractivity contribution in [2.75, 3.05) is 7.11 Å². The third-order valence-electron chi connectivity index (χ3n) is 5.85. The third kappa shape index (κ3) is 3.13. The van der Waals surface area contributed by atoms with E-state index in [0.29, 0.717) is 28.0 Å². The number of aromatic nitrogens is 1. The van der Waals surface area contributed by atoms with Crippen molar-refractivity contribution in [3.05, 3.63) is 88.7 Å². The molecule has 2 heterocycles. The lowest BCUT2D eigenvalue weighted by Gasteiger charge is -2.05. The van der Waals surface area contributed by atoms with Crippen LogP contribution in [-0.4, -0.2) is 17.5 Å². The van der Waals surface area contributed by atoms with Crippen LogP contribution in [0.25, 0.3) is 34.0 Å². The zero-order chi connectivity index (χ0) is 23.1. The summed E-state index contributed by atoms with van der Waals surface area (Å²) in [5.74, 6) is 1.02. The first-order valence-electron chi connectivity index (χ1n) is 10.2. The highest BCUT2D eigenvalue weighted by atomic mass is 16.5. The number of ether oxygens (including phenoxy) is 1. The molecule has 0 bridgehead atoms. The Hall–Kier alpha value is -4.81. The number of furan rings is 1. The van der Waals surface area contributed by atoms with Gasteiger partial charge in [-0.1, -0.05) is 24.3 Å². The number of ketones is 1. The fraction of sp³-hybridized carbons (Fsp3) is 0.0741. The van der Waals surface area contributed by atoms with Crippen LogP contribution in [0.1, 0.15) is 21.7 Å². The Morgan fingerprint density at radius 2 is 1.73 bits per heavy atom. The largest absolute Gasteiger partial charge is 0.497 e. The van der Waals surface area contributed by atoms with Crippen LogP contribution in [0, 0.1) is 22.7 Å². The second-order valence-corrected chi connectivity index (χ2v) is 7.62. The van der Waals surface area contributed by atoms with Gasteiger partial charge < -0.3 is 13.7 Å². The van der Waals surface area contributed by atoms with Gasteiger partial charge in [0.1, 0.15) is 29.2 Å². The Balaban J connectivity index is 1.61. The number of aryl methyl sites for hydroxylation is 1. The number of nitriles is 2. The Morgan fingerprint density at radius 3 is 2.36 bits per heavy atom. The van der Waals surface area contributed by atoms with Crippen LogP contribution in [0.2, 0.25) is 0 Å². The molecule has 5 rings (SSSR count). The zero-order valence-corrected chi connectivity index (χ0v) is 17.9. The molecule has 0 N–H and O–H groups in total. The summed E-state index contributed by atoms with van der Waals surface area (Å²) in [4.78, 5) is 13.1. The molecule has 1 aliphatic carbocycles. The molecule has 0 atom stereocenters. The molecular weight excluding hydrogens is 414 g/mol. The number of hydrogen-bond donors (Lipinski definition) is 0. The van der Waals surface area contributed by atoms with Crippen molar-refractivity contribution >= 4 is 28.5 Å². The third-order valence-corrected chi connectivity index (χ3v) is 5.85. The number of hydrogen-bond acceptors (Lipinski definition) is 5. The van der Waals surface area contributed by atoms with Crippen molar-refractivity contribution in [1.29, 1.82) is 10.5 Å². The number of benzene rings is 2. The molecule has 0 saturated carbocycles. The van der Waals surface area contributed by atoms with Crippen molar-refractivity contribution < 1.29 is 13.9 Å². The summed E-state index contributed by atoms with van der Waals surface area (Å²) in [7, 11) is 3.57. The number of fused-ring (bicyclic) bond motifs is 2. The van der Waals surface area contributed by atoms with Gasteiger partial charge in [0.25, 0.3) is 0 Å². The minimum atomic E-state index is -0.233. The molecule has 0 fully saturated rings. The van der Waals surface area contributed by atoms with Gasteiger partial charge in [-0.2, -0.15) is 10.5 Å². The SMILES string of the molecule is COc1ccc(-c2cc3oc(/C=C4\C(=O)c5ccccc5C4=C(C#N)C#N)cc3n2C)cc1. The predicted octanol–water partition coefficient (Wildman–Crippen LogP) is 5.53. The fourth-order valence-electron chi connectivity index (χ4n) is 4.23. The standard InChI is InChI=1S/C27H17N3O3/c1-30-23(16-7-9-18(32-2)10-8-16)13-25-24(30)12-19(33-25)11-22-26(17(14-28)15-29)20-5-3-4-6-21(20)27(22)31/h3-13H,1-2H3/b22-11-.